The molecule has 0 spiro atoms. The molecule has 126 valence electrons. The molecule has 2 amide bonds. The van der Waals surface area contributed by atoms with E-state index in [1.807, 2.05) is 0 Å². The molecule has 2 aromatic carbocycles. The fourth-order valence-corrected chi connectivity index (χ4v) is 2.35. The number of carbonyl (C=O) groups is 2. The molecule has 0 atom stereocenters. The van der Waals surface area contributed by atoms with Gasteiger partial charge in [-0.05, 0) is 42.0 Å². The summed E-state index contributed by atoms with van der Waals surface area (Å²) in [6, 6.07) is 12.2. The number of amides is 2. The molecule has 1 aromatic heterocycles. The molecule has 0 saturated carbocycles. The number of hydrogen-bond donors (Lipinski definition) is 4. The minimum atomic E-state index is -0.291. The zero-order chi connectivity index (χ0) is 17.8. The van der Waals surface area contributed by atoms with Gasteiger partial charge in [-0.25, -0.2) is 4.79 Å². The molecule has 3 aromatic rings. The molecular weight excluding hydrogens is 320 g/mol. The number of fused-ring (bicyclic) bond motifs is 1. The van der Waals surface area contributed by atoms with Crippen molar-refractivity contribution in [3.63, 3.8) is 0 Å². The lowest BCUT2D eigenvalue weighted by Crippen LogP contribution is -2.07. The molecule has 0 aliphatic carbocycles. The lowest BCUT2D eigenvalue weighted by atomic mass is 10.2. The molecule has 0 fully saturated rings. The minimum absolute atomic E-state index is 0.136. The summed E-state index contributed by atoms with van der Waals surface area (Å²) in [5, 5.41) is 5.41. The lowest BCUT2D eigenvalue weighted by molar-refractivity contribution is -0.114. The van der Waals surface area contributed by atoms with Gasteiger partial charge in [0, 0.05) is 24.4 Å². The quantitative estimate of drug-likeness (QED) is 0.550. The Bertz CT molecular complexity index is 1010. The monoisotopic (exact) mass is 336 g/mol. The highest BCUT2D eigenvalue weighted by Crippen LogP contribution is 2.15. The van der Waals surface area contributed by atoms with Crippen LogP contribution in [0.25, 0.3) is 17.1 Å². The average Bonchev–Trinajstić information content (AvgIpc) is 2.93. The Hall–Kier alpha value is -3.61. The van der Waals surface area contributed by atoms with Crippen LogP contribution in [0.1, 0.15) is 12.5 Å². The molecule has 0 aliphatic rings. The molecule has 7 nitrogen and oxygen atoms in total. The number of carbonyl (C=O) groups excluding carboxylic acids is 2. The number of benzene rings is 2. The van der Waals surface area contributed by atoms with Gasteiger partial charge in [0.05, 0.1) is 11.0 Å². The molecule has 25 heavy (non-hydrogen) atoms. The van der Waals surface area contributed by atoms with E-state index in [0.717, 1.165) is 5.56 Å². The van der Waals surface area contributed by atoms with Crippen molar-refractivity contribution in [3.8, 4) is 0 Å². The second-order valence-corrected chi connectivity index (χ2v) is 5.47. The van der Waals surface area contributed by atoms with Gasteiger partial charge in [0.1, 0.15) is 0 Å². The number of imidazole rings is 1. The zero-order valence-electron chi connectivity index (χ0n) is 13.4. The first-order valence-corrected chi connectivity index (χ1v) is 7.58. The van der Waals surface area contributed by atoms with Gasteiger partial charge >= 0.3 is 5.69 Å². The van der Waals surface area contributed by atoms with Crippen LogP contribution < -0.4 is 16.3 Å². The highest BCUT2D eigenvalue weighted by Gasteiger charge is 2.02. The van der Waals surface area contributed by atoms with Crippen molar-refractivity contribution in [2.24, 2.45) is 0 Å². The molecule has 0 unspecified atom stereocenters. The van der Waals surface area contributed by atoms with Gasteiger partial charge in [-0.2, -0.15) is 0 Å². The van der Waals surface area contributed by atoms with Crippen molar-refractivity contribution in [1.82, 2.24) is 9.97 Å². The molecule has 0 saturated heterocycles. The van der Waals surface area contributed by atoms with Crippen molar-refractivity contribution in [2.75, 3.05) is 10.6 Å². The fourth-order valence-electron chi connectivity index (χ4n) is 2.35. The van der Waals surface area contributed by atoms with Gasteiger partial charge in [-0.1, -0.05) is 12.1 Å². The Balaban J connectivity index is 1.65. The fraction of sp³-hybridized carbons (Fsp3) is 0.0556. The molecule has 7 heteroatoms. The molecule has 4 N–H and O–H groups in total. The molecule has 3 rings (SSSR count). The van der Waals surface area contributed by atoms with Crippen molar-refractivity contribution >= 4 is 40.3 Å². The van der Waals surface area contributed by atoms with Gasteiger partial charge in [0.2, 0.25) is 11.8 Å². The van der Waals surface area contributed by atoms with Gasteiger partial charge in [-0.3, -0.25) is 9.59 Å². The molecule has 0 bridgehead atoms. The minimum Gasteiger partial charge on any atom is -0.326 e. The summed E-state index contributed by atoms with van der Waals surface area (Å²) in [4.78, 5) is 39.5. The van der Waals surface area contributed by atoms with Crippen molar-refractivity contribution in [3.05, 3.63) is 64.6 Å². The third-order valence-electron chi connectivity index (χ3n) is 3.44. The number of aromatic nitrogens is 2. The van der Waals surface area contributed by atoms with Gasteiger partial charge < -0.3 is 20.6 Å². The Morgan fingerprint density at radius 2 is 1.60 bits per heavy atom. The maximum absolute atomic E-state index is 12.0. The van der Waals surface area contributed by atoms with Crippen LogP contribution in [0.2, 0.25) is 0 Å². The van der Waals surface area contributed by atoms with Crippen LogP contribution in [0.5, 0.6) is 0 Å². The van der Waals surface area contributed by atoms with Crippen molar-refractivity contribution in [1.29, 1.82) is 0 Å². The summed E-state index contributed by atoms with van der Waals surface area (Å²) < 4.78 is 0. The lowest BCUT2D eigenvalue weighted by Gasteiger charge is -2.03. The second-order valence-electron chi connectivity index (χ2n) is 5.47. The number of aromatic amines is 2. The van der Waals surface area contributed by atoms with Crippen LogP contribution in [-0.4, -0.2) is 21.8 Å². The average molecular weight is 336 g/mol. The maximum atomic E-state index is 12.0. The Morgan fingerprint density at radius 3 is 2.32 bits per heavy atom. The van der Waals surface area contributed by atoms with Crippen LogP contribution in [0.15, 0.2) is 53.3 Å². The highest BCUT2D eigenvalue weighted by atomic mass is 16.2. The summed E-state index contributed by atoms with van der Waals surface area (Å²) in [5.74, 6) is -0.424. The Kier molecular flexibility index (Phi) is 4.47. The predicted molar refractivity (Wildman–Crippen MR) is 97.3 cm³/mol. The highest BCUT2D eigenvalue weighted by molar-refractivity contribution is 6.02. The molecule has 0 radical (unpaired) electrons. The third-order valence-corrected chi connectivity index (χ3v) is 3.44. The van der Waals surface area contributed by atoms with Crippen LogP contribution in [0, 0.1) is 0 Å². The summed E-state index contributed by atoms with van der Waals surface area (Å²) in [5.41, 5.74) is 3.12. The first-order chi connectivity index (χ1) is 12.0. The first kappa shape index (κ1) is 16.3. The Morgan fingerprint density at radius 1 is 0.920 bits per heavy atom. The summed E-state index contributed by atoms with van der Waals surface area (Å²) in [6.07, 6.45) is 3.08. The van der Waals surface area contributed by atoms with E-state index in [1.165, 1.54) is 13.0 Å². The topological polar surface area (TPSA) is 107 Å². The van der Waals surface area contributed by atoms with E-state index in [4.69, 9.17) is 0 Å². The molecule has 1 heterocycles. The number of H-pyrrole nitrogens is 2. The van der Waals surface area contributed by atoms with E-state index >= 15 is 0 Å². The van der Waals surface area contributed by atoms with Gasteiger partial charge in [0.25, 0.3) is 0 Å². The maximum Gasteiger partial charge on any atom is 0.323 e. The third kappa shape index (κ3) is 4.23. The van der Waals surface area contributed by atoms with Crippen LogP contribution in [0.3, 0.4) is 0 Å². The SMILES string of the molecule is CC(=O)Nc1ccc(/C=C/C(=O)Nc2ccc3[nH]c(=O)[nH]c3c2)cc1. The van der Waals surface area contributed by atoms with E-state index in [-0.39, 0.29) is 17.5 Å². The summed E-state index contributed by atoms with van der Waals surface area (Å²) in [6.45, 7) is 1.44. The smallest absolute Gasteiger partial charge is 0.323 e. The largest absolute Gasteiger partial charge is 0.326 e. The van der Waals surface area contributed by atoms with E-state index in [2.05, 4.69) is 20.6 Å². The first-order valence-electron chi connectivity index (χ1n) is 7.58. The summed E-state index contributed by atoms with van der Waals surface area (Å²) in [7, 11) is 0. The Labute approximate surface area is 142 Å². The predicted octanol–water partition coefficient (Wildman–Crippen LogP) is 2.47. The van der Waals surface area contributed by atoms with E-state index < -0.39 is 0 Å². The molecule has 0 aliphatic heterocycles. The number of rotatable bonds is 4. The standard InChI is InChI=1S/C18H16N4O3/c1-11(23)19-13-5-2-12(3-6-13)4-9-17(24)20-14-7-8-15-16(10-14)22-18(25)21-15/h2-10H,1H3,(H,19,23)(H,20,24)(H2,21,22,25)/b9-4+. The van der Waals surface area contributed by atoms with Gasteiger partial charge in [0.15, 0.2) is 0 Å². The van der Waals surface area contributed by atoms with E-state index in [1.54, 1.807) is 48.5 Å². The summed E-state index contributed by atoms with van der Waals surface area (Å²) >= 11 is 0. The van der Waals surface area contributed by atoms with Crippen molar-refractivity contribution < 1.29 is 9.59 Å². The number of hydrogen-bond acceptors (Lipinski definition) is 3. The van der Waals surface area contributed by atoms with Crippen LogP contribution in [-0.2, 0) is 9.59 Å². The second kappa shape index (κ2) is 6.88. The van der Waals surface area contributed by atoms with Gasteiger partial charge in [-0.15, -0.1) is 0 Å². The normalized spacial score (nSPS) is 10.9. The van der Waals surface area contributed by atoms with E-state index in [9.17, 15) is 14.4 Å². The van der Waals surface area contributed by atoms with Crippen LogP contribution in [0.4, 0.5) is 11.4 Å². The zero-order valence-corrected chi connectivity index (χ0v) is 13.4. The van der Waals surface area contributed by atoms with Crippen molar-refractivity contribution in [2.45, 2.75) is 6.92 Å². The molecular formula is C18H16N4O3. The number of nitrogens with one attached hydrogen (secondary N) is 4. The number of anilines is 2. The van der Waals surface area contributed by atoms with E-state index in [0.29, 0.717) is 22.4 Å². The van der Waals surface area contributed by atoms with Crippen LogP contribution >= 0.6 is 0 Å².